The van der Waals surface area contributed by atoms with Gasteiger partial charge in [-0.05, 0) is 12.1 Å². The number of sulfonamides is 1. The number of H-pyrrole nitrogens is 1. The normalized spacial score (nSPS) is 12.7. The molecule has 2 N–H and O–H groups in total. The van der Waals surface area contributed by atoms with Crippen LogP contribution in [0.5, 0.6) is 0 Å². The van der Waals surface area contributed by atoms with E-state index in [1.165, 1.54) is 12.5 Å². The minimum absolute atomic E-state index is 0.273. The van der Waals surface area contributed by atoms with E-state index in [9.17, 15) is 27.7 Å². The summed E-state index contributed by atoms with van der Waals surface area (Å²) in [5, 5.41) is 10.5. The predicted octanol–water partition coefficient (Wildman–Crippen LogP) is 0.704. The number of nitrogens with zero attached hydrogens (tertiary/aromatic N) is 2. The van der Waals surface area contributed by atoms with Gasteiger partial charge in [-0.2, -0.15) is 9.11 Å². The number of nitro benzene ring substituents is 1. The summed E-state index contributed by atoms with van der Waals surface area (Å²) in [6.07, 6.45) is 2.43. The highest BCUT2D eigenvalue weighted by Crippen LogP contribution is 2.16. The van der Waals surface area contributed by atoms with Crippen molar-refractivity contribution in [2.75, 3.05) is 0 Å². The number of aromatic amines is 1. The molecule has 0 aliphatic heterocycles. The number of nitrogens with one attached hydrogen (secondary N) is 2. The van der Waals surface area contributed by atoms with Crippen molar-refractivity contribution in [1.82, 2.24) is 14.7 Å². The van der Waals surface area contributed by atoms with E-state index in [4.69, 9.17) is 0 Å². The van der Waals surface area contributed by atoms with Gasteiger partial charge in [-0.3, -0.25) is 14.9 Å². The lowest BCUT2D eigenvalue weighted by Crippen LogP contribution is -2.40. The van der Waals surface area contributed by atoms with Crippen LogP contribution in [0, 0.1) is 10.1 Å². The molecule has 1 aromatic carbocycles. The van der Waals surface area contributed by atoms with Crippen LogP contribution in [0.2, 0.25) is 0 Å². The highest BCUT2D eigenvalue weighted by Gasteiger charge is 2.27. The van der Waals surface area contributed by atoms with Crippen LogP contribution in [0.4, 0.5) is 10.1 Å². The van der Waals surface area contributed by atoms with Crippen LogP contribution in [0.1, 0.15) is 5.69 Å². The summed E-state index contributed by atoms with van der Waals surface area (Å²) in [7, 11) is -4.22. The first-order valence-corrected chi connectivity index (χ1v) is 7.71. The summed E-state index contributed by atoms with van der Waals surface area (Å²) in [6, 6.07) is 0.476. The van der Waals surface area contributed by atoms with Crippen LogP contribution >= 0.6 is 0 Å². The standard InChI is InChI=1S/C12H11FN4O5S/c13-12(18)11(5-8-6-14-7-15-8)16-23(21,22)10-3-1-9(2-4-10)17(19)20/h1-4,6-7,11,16H,5H2,(H,14,15)/t11-/m0/s1. The molecule has 11 heteroatoms. The predicted molar refractivity (Wildman–Crippen MR) is 75.6 cm³/mol. The highest BCUT2D eigenvalue weighted by atomic mass is 32.2. The second kappa shape index (κ2) is 6.62. The molecule has 1 heterocycles. The van der Waals surface area contributed by atoms with Crippen molar-refractivity contribution in [3.8, 4) is 0 Å². The fraction of sp³-hybridized carbons (Fsp3) is 0.167. The number of non-ortho nitro benzene ring substituents is 1. The summed E-state index contributed by atoms with van der Waals surface area (Å²) in [6.45, 7) is 0. The summed E-state index contributed by atoms with van der Waals surface area (Å²) in [4.78, 5) is 26.9. The third-order valence-corrected chi connectivity index (χ3v) is 4.38. The molecule has 0 radical (unpaired) electrons. The molecule has 23 heavy (non-hydrogen) atoms. The Morgan fingerprint density at radius 2 is 2.04 bits per heavy atom. The van der Waals surface area contributed by atoms with Gasteiger partial charge in [0.05, 0.1) is 21.8 Å². The molecule has 9 nitrogen and oxygen atoms in total. The maximum atomic E-state index is 13.1. The van der Waals surface area contributed by atoms with Crippen molar-refractivity contribution in [3.63, 3.8) is 0 Å². The fourth-order valence-electron chi connectivity index (χ4n) is 1.78. The maximum absolute atomic E-state index is 13.1. The van der Waals surface area contributed by atoms with E-state index in [1.807, 2.05) is 4.72 Å². The number of hydrogen-bond acceptors (Lipinski definition) is 6. The summed E-state index contributed by atoms with van der Waals surface area (Å²) in [5.74, 6) is 0. The zero-order valence-corrected chi connectivity index (χ0v) is 12.3. The monoisotopic (exact) mass is 342 g/mol. The number of benzene rings is 1. The Bertz CT molecular complexity index is 804. The Morgan fingerprint density at radius 3 is 2.52 bits per heavy atom. The molecule has 122 valence electrons. The van der Waals surface area contributed by atoms with Crippen molar-refractivity contribution in [3.05, 3.63) is 52.6 Å². The number of carbonyl (C=O) groups is 1. The first-order valence-electron chi connectivity index (χ1n) is 6.23. The molecule has 0 bridgehead atoms. The van der Waals surface area contributed by atoms with Gasteiger partial charge in [0.25, 0.3) is 5.69 Å². The topological polar surface area (TPSA) is 135 Å². The van der Waals surface area contributed by atoms with Gasteiger partial charge < -0.3 is 4.98 Å². The first kappa shape index (κ1) is 16.7. The van der Waals surface area contributed by atoms with E-state index in [0.29, 0.717) is 5.69 Å². The SMILES string of the molecule is O=C(F)[C@H](Cc1c[nH]cn1)NS(=O)(=O)c1ccc([N+](=O)[O-])cc1. The Kier molecular flexibility index (Phi) is 4.81. The summed E-state index contributed by atoms with van der Waals surface area (Å²) >= 11 is 0. The van der Waals surface area contributed by atoms with Crippen LogP contribution in [0.25, 0.3) is 0 Å². The third kappa shape index (κ3) is 4.17. The second-order valence-electron chi connectivity index (χ2n) is 4.49. The van der Waals surface area contributed by atoms with E-state index in [2.05, 4.69) is 9.97 Å². The quantitative estimate of drug-likeness (QED) is 0.432. The smallest absolute Gasteiger partial charge is 0.319 e. The zero-order chi connectivity index (χ0) is 17.0. The Labute approximate surface area is 129 Å². The lowest BCUT2D eigenvalue weighted by molar-refractivity contribution is -0.384. The molecule has 0 aliphatic rings. The van der Waals surface area contributed by atoms with E-state index >= 15 is 0 Å². The van der Waals surface area contributed by atoms with Crippen molar-refractivity contribution in [2.45, 2.75) is 17.4 Å². The molecule has 0 spiro atoms. The highest BCUT2D eigenvalue weighted by molar-refractivity contribution is 7.89. The number of halogens is 1. The van der Waals surface area contributed by atoms with Gasteiger partial charge in [0.2, 0.25) is 10.0 Å². The summed E-state index contributed by atoms with van der Waals surface area (Å²) in [5.41, 5.74) is 0.00555. The van der Waals surface area contributed by atoms with Gasteiger partial charge in [0.15, 0.2) is 0 Å². The average Bonchev–Trinajstić information content (AvgIpc) is 2.99. The minimum Gasteiger partial charge on any atom is -0.351 e. The van der Waals surface area contributed by atoms with E-state index in [0.717, 1.165) is 24.3 Å². The molecule has 0 aliphatic carbocycles. The minimum atomic E-state index is -4.22. The van der Waals surface area contributed by atoms with E-state index in [1.54, 1.807) is 0 Å². The molecule has 0 amide bonds. The van der Waals surface area contributed by atoms with Crippen LogP contribution in [0.3, 0.4) is 0 Å². The molecule has 1 atom stereocenters. The number of carbonyl (C=O) groups excluding carboxylic acids is 1. The number of rotatable bonds is 7. The largest absolute Gasteiger partial charge is 0.351 e. The Morgan fingerprint density at radius 1 is 1.39 bits per heavy atom. The summed E-state index contributed by atoms with van der Waals surface area (Å²) < 4.78 is 39.3. The lowest BCUT2D eigenvalue weighted by atomic mass is 10.2. The Balaban J connectivity index is 2.20. The number of nitro groups is 1. The first-order chi connectivity index (χ1) is 10.8. The zero-order valence-electron chi connectivity index (χ0n) is 11.5. The van der Waals surface area contributed by atoms with Crippen molar-refractivity contribution in [2.24, 2.45) is 0 Å². The average molecular weight is 342 g/mol. The fourth-order valence-corrected chi connectivity index (χ4v) is 2.96. The number of hydrogen-bond donors (Lipinski definition) is 2. The number of aromatic nitrogens is 2. The molecular weight excluding hydrogens is 331 g/mol. The molecule has 0 unspecified atom stereocenters. The molecule has 0 saturated carbocycles. The van der Waals surface area contributed by atoms with Gasteiger partial charge in [-0.1, -0.05) is 0 Å². The van der Waals surface area contributed by atoms with Crippen LogP contribution in [0.15, 0.2) is 41.7 Å². The van der Waals surface area contributed by atoms with Gasteiger partial charge in [0.1, 0.15) is 6.04 Å². The van der Waals surface area contributed by atoms with Crippen LogP contribution < -0.4 is 4.72 Å². The van der Waals surface area contributed by atoms with Gasteiger partial charge in [-0.15, -0.1) is 0 Å². The third-order valence-electron chi connectivity index (χ3n) is 2.90. The second-order valence-corrected chi connectivity index (χ2v) is 6.21. The van der Waals surface area contributed by atoms with E-state index < -0.39 is 27.0 Å². The molecule has 0 fully saturated rings. The Hall–Kier alpha value is -2.66. The molecular formula is C12H11FN4O5S. The van der Waals surface area contributed by atoms with Crippen molar-refractivity contribution < 1.29 is 22.5 Å². The van der Waals surface area contributed by atoms with E-state index in [-0.39, 0.29) is 17.0 Å². The molecule has 2 rings (SSSR count). The van der Waals surface area contributed by atoms with Crippen LogP contribution in [-0.4, -0.2) is 35.4 Å². The lowest BCUT2D eigenvalue weighted by Gasteiger charge is -2.13. The molecule has 0 saturated heterocycles. The maximum Gasteiger partial charge on any atom is 0.319 e. The molecule has 2 aromatic rings. The van der Waals surface area contributed by atoms with Crippen LogP contribution in [-0.2, 0) is 21.2 Å². The van der Waals surface area contributed by atoms with Gasteiger partial charge >= 0.3 is 6.04 Å². The molecule has 1 aromatic heterocycles. The van der Waals surface area contributed by atoms with Crippen molar-refractivity contribution >= 4 is 21.7 Å². The van der Waals surface area contributed by atoms with Crippen molar-refractivity contribution in [1.29, 1.82) is 0 Å². The van der Waals surface area contributed by atoms with Gasteiger partial charge in [-0.25, -0.2) is 13.4 Å². The number of imidazole rings is 1. The van der Waals surface area contributed by atoms with Gasteiger partial charge in [0, 0.05) is 24.8 Å².